The number of fused-ring (bicyclic) bond motifs is 5. The molecule has 4 aromatic rings. The molecule has 1 aliphatic heterocycles. The van der Waals surface area contributed by atoms with Crippen molar-refractivity contribution in [1.29, 1.82) is 0 Å². The number of rotatable bonds is 1. The van der Waals surface area contributed by atoms with Crippen molar-refractivity contribution >= 4 is 11.6 Å². The Bertz CT molecular complexity index is 1270. The summed E-state index contributed by atoms with van der Waals surface area (Å²) < 4.78 is 2.23. The van der Waals surface area contributed by atoms with E-state index in [2.05, 4.69) is 71.4 Å². The van der Waals surface area contributed by atoms with Gasteiger partial charge in [-0.1, -0.05) is 48.5 Å². The van der Waals surface area contributed by atoms with Gasteiger partial charge in [0.2, 0.25) is 0 Å². The van der Waals surface area contributed by atoms with Gasteiger partial charge in [0.1, 0.15) is 0 Å². The van der Waals surface area contributed by atoms with Crippen LogP contribution in [0.15, 0.2) is 85.1 Å². The van der Waals surface area contributed by atoms with Gasteiger partial charge in [-0.2, -0.15) is 0 Å². The van der Waals surface area contributed by atoms with Gasteiger partial charge >= 0.3 is 0 Å². The maximum atomic E-state index is 13.6. The molecule has 0 saturated carbocycles. The summed E-state index contributed by atoms with van der Waals surface area (Å²) in [6.07, 6.45) is 2.98. The molecule has 0 bridgehead atoms. The van der Waals surface area contributed by atoms with Crippen LogP contribution in [-0.2, 0) is 19.5 Å². The fraction of sp³-hybridized carbons (Fsp3) is 0.115. The summed E-state index contributed by atoms with van der Waals surface area (Å²) >= 11 is 0. The fourth-order valence-corrected chi connectivity index (χ4v) is 4.70. The molecule has 2 heterocycles. The lowest BCUT2D eigenvalue weighted by Crippen LogP contribution is -2.30. The lowest BCUT2D eigenvalue weighted by Gasteiger charge is -2.23. The summed E-state index contributed by atoms with van der Waals surface area (Å²) in [4.78, 5) is 15.6. The summed E-state index contributed by atoms with van der Waals surface area (Å²) in [5.74, 6) is 0.0610. The van der Waals surface area contributed by atoms with Crippen LogP contribution in [0.25, 0.3) is 11.1 Å². The molecule has 0 N–H and O–H groups in total. The number of hydrogen-bond acceptors (Lipinski definition) is 1. The van der Waals surface area contributed by atoms with E-state index in [-0.39, 0.29) is 5.91 Å². The largest absolute Gasteiger partial charge is 0.345 e. The maximum absolute atomic E-state index is 13.6. The molecule has 1 amide bonds. The van der Waals surface area contributed by atoms with E-state index in [1.807, 2.05) is 23.1 Å². The van der Waals surface area contributed by atoms with Crippen molar-refractivity contribution in [1.82, 2.24) is 4.57 Å². The zero-order valence-electron chi connectivity index (χ0n) is 16.0. The highest BCUT2D eigenvalue weighted by atomic mass is 16.2. The molecule has 3 aromatic carbocycles. The van der Waals surface area contributed by atoms with Crippen molar-refractivity contribution in [3.05, 3.63) is 113 Å². The van der Waals surface area contributed by atoms with Gasteiger partial charge < -0.3 is 9.47 Å². The van der Waals surface area contributed by atoms with Gasteiger partial charge in [0.05, 0.1) is 6.54 Å². The van der Waals surface area contributed by atoms with Crippen LogP contribution in [0.2, 0.25) is 0 Å². The maximum Gasteiger partial charge on any atom is 0.258 e. The number of carbonyl (C=O) groups excluding carboxylic acids is 1. The SMILES string of the molecule is O=C(c1ccc2c(c1)Cc1ccccc1-2)N1Cc2cccn2Cc2ccccc21. The van der Waals surface area contributed by atoms with Crippen molar-refractivity contribution in [2.45, 2.75) is 19.5 Å². The Morgan fingerprint density at radius 2 is 1.52 bits per heavy atom. The number of aromatic nitrogens is 1. The molecule has 1 aliphatic carbocycles. The average molecular weight is 376 g/mol. The molecule has 140 valence electrons. The lowest BCUT2D eigenvalue weighted by atomic mass is 10.0. The first-order valence-electron chi connectivity index (χ1n) is 10.0. The first kappa shape index (κ1) is 16.4. The first-order valence-corrected chi connectivity index (χ1v) is 10.0. The minimum absolute atomic E-state index is 0.0610. The van der Waals surface area contributed by atoms with Crippen molar-refractivity contribution < 1.29 is 4.79 Å². The molecule has 0 spiro atoms. The third-order valence-electron chi connectivity index (χ3n) is 6.15. The Morgan fingerprint density at radius 1 is 0.724 bits per heavy atom. The topological polar surface area (TPSA) is 25.2 Å². The van der Waals surface area contributed by atoms with Crippen molar-refractivity contribution in [2.24, 2.45) is 0 Å². The zero-order chi connectivity index (χ0) is 19.4. The van der Waals surface area contributed by atoms with Crippen molar-refractivity contribution in [3.8, 4) is 11.1 Å². The number of para-hydroxylation sites is 1. The van der Waals surface area contributed by atoms with Crippen LogP contribution in [-0.4, -0.2) is 10.5 Å². The van der Waals surface area contributed by atoms with Crippen LogP contribution >= 0.6 is 0 Å². The van der Waals surface area contributed by atoms with E-state index >= 15 is 0 Å². The normalized spacial score (nSPS) is 13.9. The molecule has 0 atom stereocenters. The van der Waals surface area contributed by atoms with E-state index in [0.29, 0.717) is 6.54 Å². The minimum atomic E-state index is 0.0610. The molecule has 0 fully saturated rings. The Hall–Kier alpha value is -3.59. The third kappa shape index (κ3) is 2.54. The van der Waals surface area contributed by atoms with Gasteiger partial charge in [-0.15, -0.1) is 0 Å². The molecule has 3 heteroatoms. The van der Waals surface area contributed by atoms with Gasteiger partial charge in [0, 0.05) is 29.7 Å². The lowest BCUT2D eigenvalue weighted by molar-refractivity contribution is 0.0985. The standard InChI is InChI=1S/C26H20N2O/c29-26(19-11-12-24-21(15-19)14-18-6-1-3-9-23(18)24)28-17-22-8-5-13-27(22)16-20-7-2-4-10-25(20)28/h1-13,15H,14,16-17H2. The average Bonchev–Trinajstić information content (AvgIpc) is 3.31. The molecule has 0 unspecified atom stereocenters. The van der Waals surface area contributed by atoms with Gasteiger partial charge in [-0.05, 0) is 64.6 Å². The van der Waals surface area contributed by atoms with Crippen LogP contribution in [0.4, 0.5) is 5.69 Å². The molecule has 1 aromatic heterocycles. The van der Waals surface area contributed by atoms with Crippen LogP contribution in [0.3, 0.4) is 0 Å². The number of hydrogen-bond donors (Lipinski definition) is 0. The Labute approximate surface area is 169 Å². The number of carbonyl (C=O) groups is 1. The highest BCUT2D eigenvalue weighted by Gasteiger charge is 2.26. The smallest absolute Gasteiger partial charge is 0.258 e. The second-order valence-corrected chi connectivity index (χ2v) is 7.85. The van der Waals surface area contributed by atoms with E-state index < -0.39 is 0 Å². The quantitative estimate of drug-likeness (QED) is 0.391. The van der Waals surface area contributed by atoms with E-state index in [1.54, 1.807) is 0 Å². The van der Waals surface area contributed by atoms with Crippen LogP contribution < -0.4 is 4.90 Å². The summed E-state index contributed by atoms with van der Waals surface area (Å²) in [5.41, 5.74) is 9.21. The van der Waals surface area contributed by atoms with Crippen LogP contribution in [0, 0.1) is 0 Å². The van der Waals surface area contributed by atoms with Gasteiger partial charge in [-0.25, -0.2) is 0 Å². The molecular formula is C26H20N2O. The summed E-state index contributed by atoms with van der Waals surface area (Å²) in [7, 11) is 0. The molecular weight excluding hydrogens is 356 g/mol. The molecule has 3 nitrogen and oxygen atoms in total. The number of nitrogens with zero attached hydrogens (tertiary/aromatic N) is 2. The molecule has 0 radical (unpaired) electrons. The third-order valence-corrected chi connectivity index (χ3v) is 6.15. The number of benzene rings is 3. The number of amides is 1. The minimum Gasteiger partial charge on any atom is -0.345 e. The van der Waals surface area contributed by atoms with Gasteiger partial charge in [0.15, 0.2) is 0 Å². The van der Waals surface area contributed by atoms with Crippen LogP contribution in [0.5, 0.6) is 0 Å². The summed E-state index contributed by atoms with van der Waals surface area (Å²) in [6.45, 7) is 1.38. The van der Waals surface area contributed by atoms with E-state index in [4.69, 9.17) is 0 Å². The fourth-order valence-electron chi connectivity index (χ4n) is 4.70. The predicted octanol–water partition coefficient (Wildman–Crippen LogP) is 5.27. The summed E-state index contributed by atoms with van der Waals surface area (Å²) in [5, 5.41) is 0. The Balaban J connectivity index is 1.42. The Kier molecular flexibility index (Phi) is 3.51. The van der Waals surface area contributed by atoms with Gasteiger partial charge in [-0.3, -0.25) is 4.79 Å². The van der Waals surface area contributed by atoms with Crippen LogP contribution in [0.1, 0.15) is 32.7 Å². The monoisotopic (exact) mass is 376 g/mol. The molecule has 29 heavy (non-hydrogen) atoms. The molecule has 0 saturated heterocycles. The highest BCUT2D eigenvalue weighted by Crippen LogP contribution is 2.37. The van der Waals surface area contributed by atoms with Gasteiger partial charge in [0.25, 0.3) is 5.91 Å². The van der Waals surface area contributed by atoms with E-state index in [9.17, 15) is 4.79 Å². The van der Waals surface area contributed by atoms with E-state index in [1.165, 1.54) is 27.8 Å². The zero-order valence-corrected chi connectivity index (χ0v) is 16.0. The first-order chi connectivity index (χ1) is 14.3. The van der Waals surface area contributed by atoms with E-state index in [0.717, 1.165) is 29.9 Å². The molecule has 2 aliphatic rings. The van der Waals surface area contributed by atoms with Crippen molar-refractivity contribution in [3.63, 3.8) is 0 Å². The number of anilines is 1. The second-order valence-electron chi connectivity index (χ2n) is 7.85. The van der Waals surface area contributed by atoms with Crippen molar-refractivity contribution in [2.75, 3.05) is 4.90 Å². The highest BCUT2D eigenvalue weighted by molar-refractivity contribution is 6.07. The summed E-state index contributed by atoms with van der Waals surface area (Å²) in [6, 6.07) is 27.1. The second kappa shape index (κ2) is 6.21. The molecule has 6 rings (SSSR count). The Morgan fingerprint density at radius 3 is 2.45 bits per heavy atom. The predicted molar refractivity (Wildman–Crippen MR) is 115 cm³/mol.